The fourth-order valence-corrected chi connectivity index (χ4v) is 1.76. The molecule has 0 unspecified atom stereocenters. The average molecular weight is 278 g/mol. The summed E-state index contributed by atoms with van der Waals surface area (Å²) in [7, 11) is 0. The van der Waals surface area contributed by atoms with E-state index in [0.717, 1.165) is 23.8 Å². The number of non-ortho nitro benzene ring substituents is 1. The molecule has 0 saturated heterocycles. The van der Waals surface area contributed by atoms with E-state index in [1.165, 1.54) is 12.1 Å². The summed E-state index contributed by atoms with van der Waals surface area (Å²) in [6, 6.07) is 9.32. The van der Waals surface area contributed by atoms with E-state index < -0.39 is 16.6 Å². The first-order chi connectivity index (χ1) is 9.56. The van der Waals surface area contributed by atoms with Crippen LogP contribution in [0.4, 0.5) is 14.5 Å². The van der Waals surface area contributed by atoms with Gasteiger partial charge in [-0.15, -0.1) is 0 Å². The number of nitrogens with one attached hydrogen (secondary N) is 1. The summed E-state index contributed by atoms with van der Waals surface area (Å²) in [6.07, 6.45) is 0. The van der Waals surface area contributed by atoms with Crippen molar-refractivity contribution in [1.29, 1.82) is 0 Å². The molecule has 0 aromatic heterocycles. The molecule has 0 saturated carbocycles. The zero-order chi connectivity index (χ0) is 14.5. The minimum atomic E-state index is -0.487. The summed E-state index contributed by atoms with van der Waals surface area (Å²) >= 11 is 0. The molecule has 2 aromatic carbocycles. The van der Waals surface area contributed by atoms with Crippen LogP contribution in [0, 0.1) is 21.7 Å². The molecule has 0 atom stereocenters. The Kier molecular flexibility index (Phi) is 4.37. The Morgan fingerprint density at radius 3 is 2.40 bits per heavy atom. The van der Waals surface area contributed by atoms with Crippen LogP contribution in [-0.2, 0) is 13.1 Å². The number of nitro benzene ring substituents is 1. The zero-order valence-corrected chi connectivity index (χ0v) is 10.5. The normalized spacial score (nSPS) is 10.5. The fourth-order valence-electron chi connectivity index (χ4n) is 1.76. The molecule has 0 aliphatic carbocycles. The van der Waals surface area contributed by atoms with Crippen molar-refractivity contribution in [2.75, 3.05) is 0 Å². The summed E-state index contributed by atoms with van der Waals surface area (Å²) in [5.74, 6) is -0.957. The van der Waals surface area contributed by atoms with Gasteiger partial charge in [0, 0.05) is 30.8 Å². The van der Waals surface area contributed by atoms with Gasteiger partial charge in [-0.05, 0) is 23.8 Å². The van der Waals surface area contributed by atoms with Crippen LogP contribution in [0.2, 0.25) is 0 Å². The van der Waals surface area contributed by atoms with E-state index in [9.17, 15) is 18.9 Å². The second kappa shape index (κ2) is 6.21. The van der Waals surface area contributed by atoms with Crippen molar-refractivity contribution >= 4 is 5.69 Å². The maximum absolute atomic E-state index is 13.4. The first-order valence-electron chi connectivity index (χ1n) is 5.94. The van der Waals surface area contributed by atoms with Crippen molar-refractivity contribution in [2.24, 2.45) is 0 Å². The van der Waals surface area contributed by atoms with Crippen LogP contribution in [0.3, 0.4) is 0 Å². The smallest absolute Gasteiger partial charge is 0.269 e. The topological polar surface area (TPSA) is 55.2 Å². The summed E-state index contributed by atoms with van der Waals surface area (Å²) < 4.78 is 26.3. The van der Waals surface area contributed by atoms with Gasteiger partial charge in [0.2, 0.25) is 0 Å². The number of hydrogen-bond donors (Lipinski definition) is 1. The number of hydrogen-bond acceptors (Lipinski definition) is 3. The predicted octanol–water partition coefficient (Wildman–Crippen LogP) is 3.16. The standard InChI is InChI=1S/C14H12F2N2O2/c15-12-3-6-14(16)11(7-12)9-17-8-10-1-4-13(5-2-10)18(19)20/h1-7,17H,8-9H2. The summed E-state index contributed by atoms with van der Waals surface area (Å²) in [5, 5.41) is 13.5. The average Bonchev–Trinajstić information content (AvgIpc) is 2.43. The van der Waals surface area contributed by atoms with Crippen molar-refractivity contribution in [3.05, 3.63) is 75.3 Å². The molecular formula is C14H12F2N2O2. The quantitative estimate of drug-likeness (QED) is 0.675. The first-order valence-corrected chi connectivity index (χ1v) is 5.94. The van der Waals surface area contributed by atoms with Gasteiger partial charge in [0.15, 0.2) is 0 Å². The highest BCUT2D eigenvalue weighted by Gasteiger charge is 2.05. The highest BCUT2D eigenvalue weighted by molar-refractivity contribution is 5.32. The molecule has 0 radical (unpaired) electrons. The third-order valence-corrected chi connectivity index (χ3v) is 2.80. The molecule has 0 spiro atoms. The van der Waals surface area contributed by atoms with Crippen molar-refractivity contribution in [1.82, 2.24) is 5.32 Å². The number of halogens is 2. The molecule has 2 aromatic rings. The molecule has 0 aliphatic heterocycles. The lowest BCUT2D eigenvalue weighted by molar-refractivity contribution is -0.384. The molecule has 20 heavy (non-hydrogen) atoms. The molecule has 0 aliphatic rings. The Morgan fingerprint density at radius 2 is 1.75 bits per heavy atom. The van der Waals surface area contributed by atoms with Gasteiger partial charge < -0.3 is 5.32 Å². The van der Waals surface area contributed by atoms with Crippen LogP contribution in [-0.4, -0.2) is 4.92 Å². The van der Waals surface area contributed by atoms with Crippen molar-refractivity contribution in [3.63, 3.8) is 0 Å². The number of nitro groups is 1. The van der Waals surface area contributed by atoms with Gasteiger partial charge in [-0.25, -0.2) is 8.78 Å². The lowest BCUT2D eigenvalue weighted by Crippen LogP contribution is -2.13. The van der Waals surface area contributed by atoms with Crippen LogP contribution < -0.4 is 5.32 Å². The molecular weight excluding hydrogens is 266 g/mol. The lowest BCUT2D eigenvalue weighted by Gasteiger charge is -2.06. The van der Waals surface area contributed by atoms with Crippen LogP contribution in [0.1, 0.15) is 11.1 Å². The van der Waals surface area contributed by atoms with Crippen LogP contribution in [0.15, 0.2) is 42.5 Å². The minimum Gasteiger partial charge on any atom is -0.309 e. The summed E-state index contributed by atoms with van der Waals surface area (Å²) in [4.78, 5) is 10.0. The second-order valence-corrected chi connectivity index (χ2v) is 4.26. The molecule has 0 bridgehead atoms. The molecule has 0 fully saturated rings. The maximum Gasteiger partial charge on any atom is 0.269 e. The molecule has 0 heterocycles. The van der Waals surface area contributed by atoms with Gasteiger partial charge >= 0.3 is 0 Å². The Balaban J connectivity index is 1.92. The van der Waals surface area contributed by atoms with E-state index in [4.69, 9.17) is 0 Å². The van der Waals surface area contributed by atoms with Gasteiger partial charge in [-0.1, -0.05) is 12.1 Å². The van der Waals surface area contributed by atoms with Gasteiger partial charge in [0.05, 0.1) is 4.92 Å². The highest BCUT2D eigenvalue weighted by atomic mass is 19.1. The number of benzene rings is 2. The summed E-state index contributed by atoms with van der Waals surface area (Å²) in [6.45, 7) is 0.592. The van der Waals surface area contributed by atoms with E-state index in [0.29, 0.717) is 6.54 Å². The maximum atomic E-state index is 13.4. The van der Waals surface area contributed by atoms with Gasteiger partial charge in [-0.2, -0.15) is 0 Å². The van der Waals surface area contributed by atoms with Crippen LogP contribution in [0.5, 0.6) is 0 Å². The highest BCUT2D eigenvalue weighted by Crippen LogP contribution is 2.12. The van der Waals surface area contributed by atoms with Crippen molar-refractivity contribution < 1.29 is 13.7 Å². The predicted molar refractivity (Wildman–Crippen MR) is 70.0 cm³/mol. The SMILES string of the molecule is O=[N+]([O-])c1ccc(CNCc2cc(F)ccc2F)cc1. The van der Waals surface area contributed by atoms with Gasteiger partial charge in [-0.3, -0.25) is 10.1 Å². The Hall–Kier alpha value is -2.34. The zero-order valence-electron chi connectivity index (χ0n) is 10.5. The first kappa shape index (κ1) is 14.1. The molecule has 0 amide bonds. The van der Waals surface area contributed by atoms with E-state index >= 15 is 0 Å². The Morgan fingerprint density at radius 1 is 1.05 bits per heavy atom. The Bertz CT molecular complexity index is 615. The molecule has 1 N–H and O–H groups in total. The van der Waals surface area contributed by atoms with E-state index in [1.807, 2.05) is 0 Å². The van der Waals surface area contributed by atoms with Crippen molar-refractivity contribution in [2.45, 2.75) is 13.1 Å². The van der Waals surface area contributed by atoms with E-state index in [1.54, 1.807) is 12.1 Å². The van der Waals surface area contributed by atoms with Gasteiger partial charge in [0.25, 0.3) is 5.69 Å². The summed E-state index contributed by atoms with van der Waals surface area (Å²) in [5.41, 5.74) is 1.09. The molecule has 2 rings (SSSR count). The largest absolute Gasteiger partial charge is 0.309 e. The number of nitrogens with zero attached hydrogens (tertiary/aromatic N) is 1. The molecule has 6 heteroatoms. The molecule has 4 nitrogen and oxygen atoms in total. The molecule has 104 valence electrons. The Labute approximate surface area is 114 Å². The van der Waals surface area contributed by atoms with Crippen molar-refractivity contribution in [3.8, 4) is 0 Å². The minimum absolute atomic E-state index is 0.0184. The fraction of sp³-hybridized carbons (Fsp3) is 0.143. The van der Waals surface area contributed by atoms with Crippen LogP contribution in [0.25, 0.3) is 0 Å². The monoisotopic (exact) mass is 278 g/mol. The van der Waals surface area contributed by atoms with E-state index in [-0.39, 0.29) is 17.8 Å². The lowest BCUT2D eigenvalue weighted by atomic mass is 10.2. The van der Waals surface area contributed by atoms with Crippen LogP contribution >= 0.6 is 0 Å². The van der Waals surface area contributed by atoms with Gasteiger partial charge in [0.1, 0.15) is 11.6 Å². The number of rotatable bonds is 5. The third kappa shape index (κ3) is 3.58. The second-order valence-electron chi connectivity index (χ2n) is 4.26. The third-order valence-electron chi connectivity index (χ3n) is 2.80. The van der Waals surface area contributed by atoms with E-state index in [2.05, 4.69) is 5.32 Å².